The minimum Gasteiger partial charge on any atom is -0.325 e. The molecule has 32 heavy (non-hydrogen) atoms. The number of anilines is 1. The highest BCUT2D eigenvalue weighted by Crippen LogP contribution is 2.32. The number of carbonyl (C=O) groups excluding carboxylic acids is 1. The molecule has 0 fully saturated rings. The Hall–Kier alpha value is -2.61. The molecule has 4 aromatic rings. The number of aryl methyl sites for hydroxylation is 2. The fourth-order valence-electron chi connectivity index (χ4n) is 3.30. The smallest absolute Gasteiger partial charge is 0.272 e. The van der Waals surface area contributed by atoms with Gasteiger partial charge in [-0.05, 0) is 44.0 Å². The highest BCUT2D eigenvalue weighted by Gasteiger charge is 2.17. The number of thiophene rings is 1. The van der Waals surface area contributed by atoms with E-state index in [1.165, 1.54) is 28.7 Å². The maximum Gasteiger partial charge on any atom is 0.272 e. The second kappa shape index (κ2) is 9.48. The molecule has 0 bridgehead atoms. The molecule has 164 valence electrons. The van der Waals surface area contributed by atoms with Gasteiger partial charge in [-0.2, -0.15) is 0 Å². The summed E-state index contributed by atoms with van der Waals surface area (Å²) in [5.41, 5.74) is 5.33. The van der Waals surface area contributed by atoms with Crippen LogP contribution in [0, 0.1) is 13.8 Å². The topological polar surface area (TPSA) is 64.0 Å². The van der Waals surface area contributed by atoms with E-state index in [9.17, 15) is 9.59 Å². The number of aromatic nitrogens is 2. The predicted octanol–water partition coefficient (Wildman–Crippen LogP) is 6.15. The van der Waals surface area contributed by atoms with Gasteiger partial charge in [-0.25, -0.2) is 4.98 Å². The molecule has 8 heteroatoms. The number of thioether (sulfide) groups is 1. The molecule has 0 saturated carbocycles. The number of amides is 1. The number of nitrogens with one attached hydrogen (secondary N) is 1. The van der Waals surface area contributed by atoms with Crippen LogP contribution in [0.1, 0.15) is 18.1 Å². The second-order valence-corrected chi connectivity index (χ2v) is 9.67. The van der Waals surface area contributed by atoms with Crippen molar-refractivity contribution in [2.45, 2.75) is 32.5 Å². The Labute approximate surface area is 199 Å². The SMILES string of the molecule is CCn1c(SCC(=O)Nc2ccc(C)c(Cl)c2)nc2c(-c3ccc(C)cc3)csc2c1=O. The van der Waals surface area contributed by atoms with Crippen LogP contribution in [-0.2, 0) is 11.3 Å². The van der Waals surface area contributed by atoms with Crippen molar-refractivity contribution in [1.82, 2.24) is 9.55 Å². The zero-order valence-electron chi connectivity index (χ0n) is 17.9. The average Bonchev–Trinajstić information content (AvgIpc) is 3.20. The molecule has 1 N–H and O–H groups in total. The molecule has 0 aliphatic carbocycles. The van der Waals surface area contributed by atoms with Gasteiger partial charge in [0.1, 0.15) is 4.70 Å². The summed E-state index contributed by atoms with van der Waals surface area (Å²) < 4.78 is 2.25. The number of carbonyl (C=O) groups is 1. The van der Waals surface area contributed by atoms with E-state index in [-0.39, 0.29) is 17.2 Å². The standard InChI is InChI=1S/C24H22ClN3O2S2/c1-4-28-23(30)22-21(18(12-31-22)16-8-5-14(2)6-9-16)27-24(28)32-13-20(29)26-17-10-7-15(3)19(25)11-17/h5-12H,4,13H2,1-3H3,(H,26,29). The molecule has 2 aromatic heterocycles. The van der Waals surface area contributed by atoms with Crippen molar-refractivity contribution in [2.75, 3.05) is 11.1 Å². The van der Waals surface area contributed by atoms with Gasteiger partial charge in [0.2, 0.25) is 5.91 Å². The van der Waals surface area contributed by atoms with Crippen molar-refractivity contribution in [2.24, 2.45) is 0 Å². The van der Waals surface area contributed by atoms with Gasteiger partial charge >= 0.3 is 0 Å². The van der Waals surface area contributed by atoms with Crippen molar-refractivity contribution in [3.63, 3.8) is 0 Å². The molecule has 0 radical (unpaired) electrons. The van der Waals surface area contributed by atoms with Crippen molar-refractivity contribution >= 4 is 56.5 Å². The summed E-state index contributed by atoms with van der Waals surface area (Å²) >= 11 is 8.81. The molecule has 0 aliphatic heterocycles. The zero-order valence-corrected chi connectivity index (χ0v) is 20.3. The Kier molecular flexibility index (Phi) is 6.69. The van der Waals surface area contributed by atoms with Crippen LogP contribution < -0.4 is 10.9 Å². The van der Waals surface area contributed by atoms with Gasteiger partial charge in [0, 0.05) is 28.2 Å². The van der Waals surface area contributed by atoms with Crippen LogP contribution in [0.4, 0.5) is 5.69 Å². The van der Waals surface area contributed by atoms with Gasteiger partial charge in [-0.3, -0.25) is 14.2 Å². The molecule has 0 spiro atoms. The first-order chi connectivity index (χ1) is 15.4. The minimum absolute atomic E-state index is 0.0749. The quantitative estimate of drug-likeness (QED) is 0.264. The lowest BCUT2D eigenvalue weighted by Crippen LogP contribution is -2.22. The fourth-order valence-corrected chi connectivity index (χ4v) is 5.30. The fraction of sp³-hybridized carbons (Fsp3) is 0.208. The van der Waals surface area contributed by atoms with Gasteiger partial charge in [0.05, 0.1) is 11.3 Å². The van der Waals surface area contributed by atoms with Gasteiger partial charge in [0.25, 0.3) is 5.56 Å². The molecule has 5 nitrogen and oxygen atoms in total. The van der Waals surface area contributed by atoms with Gasteiger partial charge in [-0.15, -0.1) is 11.3 Å². The van der Waals surface area contributed by atoms with Gasteiger partial charge < -0.3 is 5.32 Å². The van der Waals surface area contributed by atoms with E-state index in [0.717, 1.165) is 16.7 Å². The summed E-state index contributed by atoms with van der Waals surface area (Å²) in [6, 6.07) is 13.6. The lowest BCUT2D eigenvalue weighted by atomic mass is 10.1. The summed E-state index contributed by atoms with van der Waals surface area (Å²) in [7, 11) is 0. The molecule has 0 atom stereocenters. The van der Waals surface area contributed by atoms with Gasteiger partial charge in [-0.1, -0.05) is 59.3 Å². The number of hydrogen-bond acceptors (Lipinski definition) is 5. The van der Waals surface area contributed by atoms with E-state index in [0.29, 0.717) is 32.6 Å². The molecule has 2 aromatic carbocycles. The van der Waals surface area contributed by atoms with Crippen LogP contribution in [-0.4, -0.2) is 21.2 Å². The number of nitrogens with zero attached hydrogens (tertiary/aromatic N) is 2. The lowest BCUT2D eigenvalue weighted by molar-refractivity contribution is -0.113. The monoisotopic (exact) mass is 483 g/mol. The first kappa shape index (κ1) is 22.6. The number of rotatable bonds is 6. The third kappa shape index (κ3) is 4.60. The molecule has 0 aliphatic rings. The van der Waals surface area contributed by atoms with E-state index in [4.69, 9.17) is 16.6 Å². The van der Waals surface area contributed by atoms with Crippen LogP contribution in [0.5, 0.6) is 0 Å². The second-order valence-electron chi connectivity index (χ2n) is 7.44. The lowest BCUT2D eigenvalue weighted by Gasteiger charge is -2.11. The Bertz CT molecular complexity index is 1360. The summed E-state index contributed by atoms with van der Waals surface area (Å²) in [6.07, 6.45) is 0. The van der Waals surface area contributed by atoms with E-state index in [1.807, 2.05) is 62.5 Å². The van der Waals surface area contributed by atoms with E-state index in [1.54, 1.807) is 10.6 Å². The van der Waals surface area contributed by atoms with Crippen LogP contribution in [0.25, 0.3) is 21.3 Å². The average molecular weight is 484 g/mol. The minimum atomic E-state index is -0.184. The highest BCUT2D eigenvalue weighted by atomic mass is 35.5. The van der Waals surface area contributed by atoms with Crippen molar-refractivity contribution in [3.05, 3.63) is 74.3 Å². The molecule has 0 saturated heterocycles. The van der Waals surface area contributed by atoms with E-state index < -0.39 is 0 Å². The highest BCUT2D eigenvalue weighted by molar-refractivity contribution is 7.99. The third-order valence-electron chi connectivity index (χ3n) is 5.11. The van der Waals surface area contributed by atoms with E-state index >= 15 is 0 Å². The molecule has 0 unspecified atom stereocenters. The third-order valence-corrected chi connectivity index (χ3v) is 7.45. The molecule has 2 heterocycles. The number of benzene rings is 2. The predicted molar refractivity (Wildman–Crippen MR) is 135 cm³/mol. The normalized spacial score (nSPS) is 11.1. The Morgan fingerprint density at radius 1 is 1.19 bits per heavy atom. The first-order valence-corrected chi connectivity index (χ1v) is 12.4. The van der Waals surface area contributed by atoms with Crippen molar-refractivity contribution < 1.29 is 4.79 Å². The van der Waals surface area contributed by atoms with Crippen molar-refractivity contribution in [1.29, 1.82) is 0 Å². The van der Waals surface area contributed by atoms with Crippen LogP contribution in [0.15, 0.2) is 57.8 Å². The summed E-state index contributed by atoms with van der Waals surface area (Å²) in [5, 5.41) is 5.96. The summed E-state index contributed by atoms with van der Waals surface area (Å²) in [5.74, 6) is -0.0519. The number of fused-ring (bicyclic) bond motifs is 1. The van der Waals surface area contributed by atoms with Gasteiger partial charge in [0.15, 0.2) is 5.16 Å². The Morgan fingerprint density at radius 2 is 1.94 bits per heavy atom. The Morgan fingerprint density at radius 3 is 2.62 bits per heavy atom. The zero-order chi connectivity index (χ0) is 22.8. The largest absolute Gasteiger partial charge is 0.325 e. The number of halogens is 1. The van der Waals surface area contributed by atoms with Crippen LogP contribution in [0.2, 0.25) is 5.02 Å². The van der Waals surface area contributed by atoms with Crippen LogP contribution in [0.3, 0.4) is 0 Å². The number of hydrogen-bond donors (Lipinski definition) is 1. The van der Waals surface area contributed by atoms with Crippen molar-refractivity contribution in [3.8, 4) is 11.1 Å². The molecule has 1 amide bonds. The van der Waals surface area contributed by atoms with Crippen LogP contribution >= 0.6 is 34.7 Å². The first-order valence-electron chi connectivity index (χ1n) is 10.1. The maximum atomic E-state index is 13.1. The molecular formula is C24H22ClN3O2S2. The summed E-state index contributed by atoms with van der Waals surface area (Å²) in [6.45, 7) is 6.34. The Balaban J connectivity index is 1.61. The van der Waals surface area contributed by atoms with E-state index in [2.05, 4.69) is 5.32 Å². The molecular weight excluding hydrogens is 462 g/mol. The maximum absolute atomic E-state index is 13.1. The summed E-state index contributed by atoms with van der Waals surface area (Å²) in [4.78, 5) is 30.4. The molecule has 4 rings (SSSR count).